The van der Waals surface area contributed by atoms with Crippen LogP contribution in [0.1, 0.15) is 24.6 Å². The number of nitrogens with one attached hydrogen (secondary N) is 1. The Hall–Kier alpha value is -2.43. The molecule has 1 aromatic carbocycles. The van der Waals surface area contributed by atoms with E-state index in [4.69, 9.17) is 4.74 Å². The first-order valence-electron chi connectivity index (χ1n) is 8.11. The first kappa shape index (κ1) is 20.3. The van der Waals surface area contributed by atoms with Crippen LogP contribution in [0.15, 0.2) is 40.1 Å². The Morgan fingerprint density at radius 1 is 1.29 bits per heavy atom. The van der Waals surface area contributed by atoms with Crippen LogP contribution in [0.25, 0.3) is 0 Å². The second kappa shape index (κ2) is 7.90. The molecule has 0 unspecified atom stereocenters. The summed E-state index contributed by atoms with van der Waals surface area (Å²) in [5, 5.41) is 11.5. The number of nitro benzene ring substituents is 1. The van der Waals surface area contributed by atoms with Crippen LogP contribution in [0.3, 0.4) is 0 Å². The number of benzene rings is 1. The molecule has 3 rings (SSSR count). The number of para-hydroxylation sites is 1. The quantitative estimate of drug-likeness (QED) is 0.411. The predicted octanol–water partition coefficient (Wildman–Crippen LogP) is 1.59. The third-order valence-corrected chi connectivity index (χ3v) is 6.66. The molecule has 2 atom stereocenters. The maximum atomic E-state index is 12.9. The van der Waals surface area contributed by atoms with E-state index in [1.807, 2.05) is 0 Å². The topological polar surface area (TPSA) is 107 Å². The van der Waals surface area contributed by atoms with Gasteiger partial charge in [0.2, 0.25) is 0 Å². The fourth-order valence-corrected chi connectivity index (χ4v) is 5.09. The van der Waals surface area contributed by atoms with Crippen molar-refractivity contribution >= 4 is 25.1 Å². The molecule has 12 heteroatoms. The van der Waals surface area contributed by atoms with Gasteiger partial charge in [0.05, 0.1) is 0 Å². The van der Waals surface area contributed by atoms with E-state index in [2.05, 4.69) is 0 Å². The van der Waals surface area contributed by atoms with Crippen LogP contribution < -0.4 is 15.7 Å². The van der Waals surface area contributed by atoms with Crippen molar-refractivity contribution < 1.29 is 22.8 Å². The van der Waals surface area contributed by atoms with Crippen LogP contribution in [-0.4, -0.2) is 35.5 Å². The monoisotopic (exact) mass is 465 g/mol. The van der Waals surface area contributed by atoms with Crippen LogP contribution >= 0.6 is 0 Å². The summed E-state index contributed by atoms with van der Waals surface area (Å²) in [7, 11) is 0. The number of halogens is 3. The number of nitro groups is 1. The maximum absolute atomic E-state index is 12.9. The Kier molecular flexibility index (Phi) is 5.73. The van der Waals surface area contributed by atoms with Crippen LogP contribution in [0.4, 0.5) is 18.9 Å². The number of alkyl halides is 3. The number of aromatic nitrogens is 2. The van der Waals surface area contributed by atoms with Gasteiger partial charge in [0.15, 0.2) is 0 Å². The molecule has 1 aliphatic rings. The van der Waals surface area contributed by atoms with E-state index < -0.39 is 34.1 Å². The van der Waals surface area contributed by atoms with E-state index in [1.54, 1.807) is 23.2 Å². The zero-order valence-corrected chi connectivity index (χ0v) is 15.9. The second-order valence-electron chi connectivity index (χ2n) is 6.03. The van der Waals surface area contributed by atoms with E-state index in [0.717, 1.165) is 4.57 Å². The van der Waals surface area contributed by atoms with E-state index in [1.165, 1.54) is 6.07 Å². The number of H-pyrrole nitrogens is 1. The Bertz CT molecular complexity index is 1000. The molecule has 1 aliphatic heterocycles. The minimum absolute atomic E-state index is 0.0173. The molecule has 0 amide bonds. The molecule has 2 heterocycles. The van der Waals surface area contributed by atoms with Gasteiger partial charge >= 0.3 is 161 Å². The van der Waals surface area contributed by atoms with Gasteiger partial charge in [0.1, 0.15) is 0 Å². The molecule has 1 aromatic heterocycles. The van der Waals surface area contributed by atoms with Crippen molar-refractivity contribution in [2.75, 3.05) is 0 Å². The van der Waals surface area contributed by atoms with Gasteiger partial charge in [0, 0.05) is 0 Å². The number of hydrogen-bond donors (Lipinski definition) is 1. The molecule has 0 spiro atoms. The molecule has 1 saturated heterocycles. The van der Waals surface area contributed by atoms with Gasteiger partial charge in [-0.15, -0.1) is 0 Å². The van der Waals surface area contributed by atoms with Crippen molar-refractivity contribution in [1.29, 1.82) is 0 Å². The van der Waals surface area contributed by atoms with Crippen LogP contribution in [0, 0.1) is 10.1 Å². The molecular formula is C16H14F3N3O5Se. The third kappa shape index (κ3) is 4.34. The number of aromatic amines is 1. The van der Waals surface area contributed by atoms with Gasteiger partial charge in [0.25, 0.3) is 0 Å². The number of ether oxygens (including phenoxy) is 1. The van der Waals surface area contributed by atoms with E-state index in [9.17, 15) is 32.9 Å². The summed E-state index contributed by atoms with van der Waals surface area (Å²) in [5.41, 5.74) is -3.93. The molecule has 0 aliphatic carbocycles. The molecule has 1 fully saturated rings. The van der Waals surface area contributed by atoms with Gasteiger partial charge in [-0.2, -0.15) is 0 Å². The molecule has 8 nitrogen and oxygen atoms in total. The van der Waals surface area contributed by atoms with Gasteiger partial charge in [-0.1, -0.05) is 0 Å². The number of rotatable bonds is 5. The molecular weight excluding hydrogens is 450 g/mol. The summed E-state index contributed by atoms with van der Waals surface area (Å²) < 4.78 is 45.7. The van der Waals surface area contributed by atoms with Gasteiger partial charge in [-0.05, 0) is 0 Å². The van der Waals surface area contributed by atoms with Crippen LogP contribution in [-0.2, 0) is 10.9 Å². The SMILES string of the molecule is O=c1[nH]c(=O)n([C@H]2CC[C@@H](C[Se]c3ccccc3[N+](=O)[O-])O2)cc1C(F)(F)F. The van der Waals surface area contributed by atoms with Crippen LogP contribution in [0.5, 0.6) is 0 Å². The zero-order chi connectivity index (χ0) is 20.5. The summed E-state index contributed by atoms with van der Waals surface area (Å²) in [6.45, 7) is 0. The van der Waals surface area contributed by atoms with E-state index >= 15 is 0 Å². The molecule has 0 radical (unpaired) electrons. The molecule has 28 heavy (non-hydrogen) atoms. The van der Waals surface area contributed by atoms with Gasteiger partial charge in [-0.3, -0.25) is 0 Å². The summed E-state index contributed by atoms with van der Waals surface area (Å²) in [4.78, 5) is 35.5. The first-order valence-corrected chi connectivity index (χ1v) is 10.2. The molecule has 2 aromatic rings. The van der Waals surface area contributed by atoms with Gasteiger partial charge in [-0.25, -0.2) is 0 Å². The fourth-order valence-electron chi connectivity index (χ4n) is 2.83. The molecule has 0 saturated carbocycles. The predicted molar refractivity (Wildman–Crippen MR) is 92.8 cm³/mol. The Morgan fingerprint density at radius 3 is 2.68 bits per heavy atom. The Labute approximate surface area is 161 Å². The number of nitrogens with zero attached hydrogens (tertiary/aromatic N) is 2. The van der Waals surface area contributed by atoms with Gasteiger partial charge < -0.3 is 0 Å². The summed E-state index contributed by atoms with van der Waals surface area (Å²) in [6.07, 6.45) is -4.92. The van der Waals surface area contributed by atoms with Crippen molar-refractivity contribution in [2.45, 2.75) is 36.7 Å². The molecule has 0 bridgehead atoms. The third-order valence-electron chi connectivity index (χ3n) is 4.16. The second-order valence-corrected chi connectivity index (χ2v) is 8.26. The van der Waals surface area contributed by atoms with Crippen molar-refractivity contribution in [2.24, 2.45) is 0 Å². The van der Waals surface area contributed by atoms with E-state index in [-0.39, 0.29) is 26.7 Å². The average molecular weight is 464 g/mol. The standard InChI is InChI=1S/C16H14F3N3O5Se/c17-16(18,19)10-7-21(15(24)20-14(10)23)13-6-5-9(27-13)8-28-12-4-2-1-3-11(12)22(25)26/h1-4,7,9,13H,5-6,8H2,(H,20,23,24)/t9-,13+/m0/s1. The van der Waals surface area contributed by atoms with E-state index in [0.29, 0.717) is 28.8 Å². The van der Waals surface area contributed by atoms with Crippen molar-refractivity contribution in [3.8, 4) is 0 Å². The first-order chi connectivity index (χ1) is 13.2. The minimum atomic E-state index is -4.89. The van der Waals surface area contributed by atoms with Crippen molar-refractivity contribution in [1.82, 2.24) is 9.55 Å². The molecule has 150 valence electrons. The normalized spacial score (nSPS) is 19.7. The fraction of sp³-hybridized carbons (Fsp3) is 0.375. The van der Waals surface area contributed by atoms with Crippen molar-refractivity contribution in [3.05, 3.63) is 67.0 Å². The summed E-state index contributed by atoms with van der Waals surface area (Å²) in [6, 6.07) is 6.34. The Morgan fingerprint density at radius 2 is 2.00 bits per heavy atom. The molecule has 1 N–H and O–H groups in total. The average Bonchev–Trinajstić information content (AvgIpc) is 3.07. The summed E-state index contributed by atoms with van der Waals surface area (Å²) >= 11 is -0.281. The van der Waals surface area contributed by atoms with Crippen molar-refractivity contribution in [3.63, 3.8) is 0 Å². The summed E-state index contributed by atoms with van der Waals surface area (Å²) in [5.74, 6) is 0. The number of hydrogen-bond acceptors (Lipinski definition) is 5. The zero-order valence-electron chi connectivity index (χ0n) is 14.1. The van der Waals surface area contributed by atoms with Crippen LogP contribution in [0.2, 0.25) is 5.32 Å². The Balaban J connectivity index is 1.72.